The van der Waals surface area contributed by atoms with Crippen molar-refractivity contribution in [3.05, 3.63) is 90.5 Å². The first-order valence-corrected chi connectivity index (χ1v) is 11.4. The molecule has 0 aliphatic heterocycles. The number of hydrogen-bond donors (Lipinski definition) is 1. The summed E-state index contributed by atoms with van der Waals surface area (Å²) in [5.41, 5.74) is 7.13. The van der Waals surface area contributed by atoms with E-state index in [-0.39, 0.29) is 11.1 Å². The van der Waals surface area contributed by atoms with Crippen LogP contribution >= 0.6 is 0 Å². The molecule has 0 saturated heterocycles. The topological polar surface area (TPSA) is 35.2 Å². The van der Waals surface area contributed by atoms with Gasteiger partial charge in [0, 0.05) is 6.04 Å². The zero-order valence-corrected chi connectivity index (χ0v) is 17.6. The molecule has 0 aliphatic carbocycles. The molecule has 3 rings (SSSR count). The van der Waals surface area contributed by atoms with Gasteiger partial charge in [0.1, 0.15) is 5.75 Å². The molecule has 0 saturated carbocycles. The minimum atomic E-state index is -2.57. The van der Waals surface area contributed by atoms with Gasteiger partial charge in [0.05, 0.1) is 0 Å². The summed E-state index contributed by atoms with van der Waals surface area (Å²) < 4.78 is 6.97. The monoisotopic (exact) mass is 375 g/mol. The molecule has 2 nitrogen and oxygen atoms in total. The third-order valence-electron chi connectivity index (χ3n) is 5.09. The van der Waals surface area contributed by atoms with E-state index in [2.05, 4.69) is 106 Å². The summed E-state index contributed by atoms with van der Waals surface area (Å²) in [5, 5.41) is 2.51. The van der Waals surface area contributed by atoms with Gasteiger partial charge in [-0.05, 0) is 40.0 Å². The Morgan fingerprint density at radius 3 is 1.56 bits per heavy atom. The van der Waals surface area contributed by atoms with Gasteiger partial charge >= 0.3 is 8.32 Å². The number of nitrogens with two attached hydrogens (primary N) is 1. The highest BCUT2D eigenvalue weighted by molar-refractivity contribution is 7.00. The molecule has 0 amide bonds. The van der Waals surface area contributed by atoms with Crippen LogP contribution in [0.25, 0.3) is 0 Å². The van der Waals surface area contributed by atoms with Gasteiger partial charge in [-0.3, -0.25) is 0 Å². The van der Waals surface area contributed by atoms with E-state index in [0.717, 1.165) is 11.3 Å². The standard InChI is InChI=1S/C24H29NOSi/c1-19(25)20-15-17-21(18-16-20)26-27(24(2,3)4,22-11-7-5-8-12-22)23-13-9-6-10-14-23/h5-19H,25H2,1-4H3. The molecule has 0 fully saturated rings. The van der Waals surface area contributed by atoms with Crippen LogP contribution in [0.2, 0.25) is 5.04 Å². The molecular formula is C24H29NOSi. The Kier molecular flexibility index (Phi) is 5.54. The zero-order valence-electron chi connectivity index (χ0n) is 16.6. The molecule has 3 aromatic rings. The smallest absolute Gasteiger partial charge is 0.319 e. The lowest BCUT2D eigenvalue weighted by molar-refractivity contribution is 0.508. The maximum absolute atomic E-state index is 6.97. The molecule has 0 aliphatic rings. The Morgan fingerprint density at radius 1 is 0.741 bits per heavy atom. The Hall–Kier alpha value is -2.36. The second-order valence-corrected chi connectivity index (χ2v) is 12.3. The average Bonchev–Trinajstić information content (AvgIpc) is 2.67. The highest BCUT2D eigenvalue weighted by Crippen LogP contribution is 2.37. The minimum Gasteiger partial charge on any atom is -0.534 e. The number of benzene rings is 3. The summed E-state index contributed by atoms with van der Waals surface area (Å²) in [6.07, 6.45) is 0. The molecule has 2 N–H and O–H groups in total. The van der Waals surface area contributed by atoms with Crippen LogP contribution in [0.5, 0.6) is 5.75 Å². The first kappa shape index (κ1) is 19.4. The van der Waals surface area contributed by atoms with Crippen molar-refractivity contribution in [3.8, 4) is 5.75 Å². The van der Waals surface area contributed by atoms with Gasteiger partial charge in [-0.2, -0.15) is 0 Å². The predicted molar refractivity (Wildman–Crippen MR) is 117 cm³/mol. The molecule has 3 aromatic carbocycles. The highest BCUT2D eigenvalue weighted by Gasteiger charge is 2.52. The number of hydrogen-bond acceptors (Lipinski definition) is 2. The van der Waals surface area contributed by atoms with Crippen LogP contribution in [0.4, 0.5) is 0 Å². The van der Waals surface area contributed by atoms with E-state index in [1.165, 1.54) is 10.4 Å². The zero-order chi connectivity index (χ0) is 19.5. The van der Waals surface area contributed by atoms with Crippen LogP contribution < -0.4 is 20.5 Å². The normalized spacial score (nSPS) is 13.2. The lowest BCUT2D eigenvalue weighted by atomic mass is 10.1. The maximum Gasteiger partial charge on any atom is 0.319 e. The Balaban J connectivity index is 2.17. The van der Waals surface area contributed by atoms with Gasteiger partial charge in [-0.15, -0.1) is 0 Å². The highest BCUT2D eigenvalue weighted by atomic mass is 28.4. The third-order valence-corrected chi connectivity index (χ3v) is 10.0. The molecular weight excluding hydrogens is 346 g/mol. The molecule has 140 valence electrons. The van der Waals surface area contributed by atoms with Crippen LogP contribution in [0.1, 0.15) is 39.3 Å². The van der Waals surface area contributed by atoms with Crippen molar-refractivity contribution >= 4 is 18.7 Å². The molecule has 1 atom stereocenters. The summed E-state index contributed by atoms with van der Waals surface area (Å²) in [5.74, 6) is 0.897. The Labute approximate surface area is 164 Å². The fraction of sp³-hybridized carbons (Fsp3) is 0.250. The van der Waals surface area contributed by atoms with E-state index in [0.29, 0.717) is 0 Å². The van der Waals surface area contributed by atoms with Crippen molar-refractivity contribution in [2.45, 2.75) is 38.8 Å². The van der Waals surface area contributed by atoms with Gasteiger partial charge in [-0.1, -0.05) is 93.6 Å². The van der Waals surface area contributed by atoms with Gasteiger partial charge in [0.2, 0.25) is 0 Å². The molecule has 0 heterocycles. The maximum atomic E-state index is 6.97. The third kappa shape index (κ3) is 3.85. The van der Waals surface area contributed by atoms with Gasteiger partial charge in [0.15, 0.2) is 0 Å². The summed E-state index contributed by atoms with van der Waals surface area (Å²) in [4.78, 5) is 0. The van der Waals surface area contributed by atoms with Crippen molar-refractivity contribution < 1.29 is 4.43 Å². The predicted octanol–water partition coefficient (Wildman–Crippen LogP) is 4.65. The van der Waals surface area contributed by atoms with Gasteiger partial charge in [-0.25, -0.2) is 0 Å². The van der Waals surface area contributed by atoms with Crippen molar-refractivity contribution in [2.75, 3.05) is 0 Å². The SMILES string of the molecule is CC(N)c1ccc(O[Si](c2ccccc2)(c2ccccc2)C(C)(C)C)cc1. The van der Waals surface area contributed by atoms with Crippen molar-refractivity contribution in [2.24, 2.45) is 5.73 Å². The molecule has 3 heteroatoms. The quantitative estimate of drug-likeness (QED) is 0.659. The summed E-state index contributed by atoms with van der Waals surface area (Å²) in [7, 11) is -2.57. The molecule has 0 aromatic heterocycles. The van der Waals surface area contributed by atoms with Crippen molar-refractivity contribution in [3.63, 3.8) is 0 Å². The van der Waals surface area contributed by atoms with Crippen LogP contribution in [-0.4, -0.2) is 8.32 Å². The van der Waals surface area contributed by atoms with Crippen molar-refractivity contribution in [1.82, 2.24) is 0 Å². The molecule has 0 spiro atoms. The van der Waals surface area contributed by atoms with E-state index >= 15 is 0 Å². The first-order valence-electron chi connectivity index (χ1n) is 9.50. The first-order chi connectivity index (χ1) is 12.8. The largest absolute Gasteiger partial charge is 0.534 e. The minimum absolute atomic E-state index is 0.0203. The van der Waals surface area contributed by atoms with E-state index in [9.17, 15) is 0 Å². The van der Waals surface area contributed by atoms with E-state index in [1.54, 1.807) is 0 Å². The van der Waals surface area contributed by atoms with Gasteiger partial charge in [0.25, 0.3) is 0 Å². The summed E-state index contributed by atoms with van der Waals surface area (Å²) in [6, 6.07) is 29.6. The van der Waals surface area contributed by atoms with E-state index < -0.39 is 8.32 Å². The van der Waals surface area contributed by atoms with E-state index in [1.807, 2.05) is 6.92 Å². The van der Waals surface area contributed by atoms with Crippen LogP contribution in [0, 0.1) is 0 Å². The molecule has 0 radical (unpaired) electrons. The van der Waals surface area contributed by atoms with Crippen LogP contribution in [-0.2, 0) is 0 Å². The summed E-state index contributed by atoms with van der Waals surface area (Å²) >= 11 is 0. The molecule has 1 unspecified atom stereocenters. The lowest BCUT2D eigenvalue weighted by Gasteiger charge is -2.43. The molecule has 27 heavy (non-hydrogen) atoms. The summed E-state index contributed by atoms with van der Waals surface area (Å²) in [6.45, 7) is 8.86. The fourth-order valence-electron chi connectivity index (χ4n) is 3.67. The second-order valence-electron chi connectivity index (χ2n) is 8.12. The van der Waals surface area contributed by atoms with Crippen LogP contribution in [0.15, 0.2) is 84.9 Å². The van der Waals surface area contributed by atoms with Gasteiger partial charge < -0.3 is 10.2 Å². The van der Waals surface area contributed by atoms with Crippen molar-refractivity contribution in [1.29, 1.82) is 0 Å². The van der Waals surface area contributed by atoms with E-state index in [4.69, 9.17) is 10.2 Å². The Bertz CT molecular complexity index is 813. The lowest BCUT2D eigenvalue weighted by Crippen LogP contribution is -2.68. The fourth-order valence-corrected chi connectivity index (χ4v) is 8.09. The Morgan fingerprint density at radius 2 is 1.19 bits per heavy atom. The molecule has 0 bridgehead atoms. The van der Waals surface area contributed by atoms with Crippen LogP contribution in [0.3, 0.4) is 0 Å². The average molecular weight is 376 g/mol. The number of rotatable bonds is 5. The second kappa shape index (κ2) is 7.71.